The molecule has 0 unspecified atom stereocenters. The Labute approximate surface area is 198 Å². The molecule has 1 aromatic carbocycles. The number of piperazine rings is 1. The van der Waals surface area contributed by atoms with E-state index in [9.17, 15) is 4.79 Å². The smallest absolute Gasteiger partial charge is 0.225 e. The van der Waals surface area contributed by atoms with Gasteiger partial charge in [0.25, 0.3) is 0 Å². The van der Waals surface area contributed by atoms with Gasteiger partial charge < -0.3 is 4.90 Å². The van der Waals surface area contributed by atoms with Crippen molar-refractivity contribution in [2.75, 3.05) is 31.1 Å². The molecule has 6 heteroatoms. The summed E-state index contributed by atoms with van der Waals surface area (Å²) in [6.45, 7) is 10.5. The summed E-state index contributed by atoms with van der Waals surface area (Å²) in [6.07, 6.45) is 10.8. The summed E-state index contributed by atoms with van der Waals surface area (Å²) in [7, 11) is 0. The van der Waals surface area contributed by atoms with Crippen LogP contribution in [0.3, 0.4) is 0 Å². The van der Waals surface area contributed by atoms with E-state index >= 15 is 0 Å². The van der Waals surface area contributed by atoms with Crippen molar-refractivity contribution in [2.24, 2.45) is 0 Å². The molecule has 32 heavy (non-hydrogen) atoms. The van der Waals surface area contributed by atoms with Gasteiger partial charge in [-0.1, -0.05) is 44.7 Å². The van der Waals surface area contributed by atoms with Crippen molar-refractivity contribution in [1.82, 2.24) is 14.9 Å². The van der Waals surface area contributed by atoms with E-state index in [0.29, 0.717) is 10.6 Å². The number of hydrogen-bond acceptors (Lipinski definition) is 5. The SMILES string of the molecule is CC(=O)c1ccc(Cl)cc1.CCCc1cnc(N2CCN(C3CCC3)CC2)nc1CCC. The molecule has 1 aliphatic carbocycles. The molecule has 1 aliphatic heterocycles. The molecular weight excluding hydrogens is 420 g/mol. The first kappa shape index (κ1) is 24.7. The lowest BCUT2D eigenvalue weighted by Crippen LogP contribution is -2.52. The molecule has 0 atom stereocenters. The van der Waals surface area contributed by atoms with E-state index in [1.807, 2.05) is 0 Å². The van der Waals surface area contributed by atoms with Gasteiger partial charge in [-0.25, -0.2) is 9.97 Å². The van der Waals surface area contributed by atoms with Gasteiger partial charge in [0.05, 0.1) is 0 Å². The zero-order chi connectivity index (χ0) is 22.9. The highest BCUT2D eigenvalue weighted by Gasteiger charge is 2.28. The first-order chi connectivity index (χ1) is 15.5. The minimum Gasteiger partial charge on any atom is -0.338 e. The number of carbonyl (C=O) groups excluding carboxylic acids is 1. The number of hydrogen-bond donors (Lipinski definition) is 0. The quantitative estimate of drug-likeness (QED) is 0.507. The van der Waals surface area contributed by atoms with Crippen molar-refractivity contribution in [1.29, 1.82) is 0 Å². The van der Waals surface area contributed by atoms with Gasteiger partial charge in [-0.15, -0.1) is 0 Å². The maximum atomic E-state index is 10.7. The monoisotopic (exact) mass is 456 g/mol. The van der Waals surface area contributed by atoms with Gasteiger partial charge >= 0.3 is 0 Å². The Balaban J connectivity index is 0.000000243. The Kier molecular flexibility index (Phi) is 9.49. The minimum absolute atomic E-state index is 0.0664. The fraction of sp³-hybridized carbons (Fsp3) is 0.577. The summed E-state index contributed by atoms with van der Waals surface area (Å²) < 4.78 is 0. The highest BCUT2D eigenvalue weighted by atomic mass is 35.5. The van der Waals surface area contributed by atoms with Crippen LogP contribution in [0, 0.1) is 0 Å². The normalized spacial score (nSPS) is 16.8. The summed E-state index contributed by atoms with van der Waals surface area (Å²) in [4.78, 5) is 25.3. The van der Waals surface area contributed by atoms with Crippen LogP contribution >= 0.6 is 11.6 Å². The second-order valence-corrected chi connectivity index (χ2v) is 9.25. The number of benzene rings is 1. The Bertz CT molecular complexity index is 859. The van der Waals surface area contributed by atoms with E-state index < -0.39 is 0 Å². The topological polar surface area (TPSA) is 49.3 Å². The van der Waals surface area contributed by atoms with Crippen LogP contribution in [0.25, 0.3) is 0 Å². The number of halogens is 1. The lowest BCUT2D eigenvalue weighted by Gasteiger charge is -2.43. The summed E-state index contributed by atoms with van der Waals surface area (Å²) in [5, 5.41) is 0.657. The fourth-order valence-corrected chi connectivity index (χ4v) is 4.36. The maximum Gasteiger partial charge on any atom is 0.225 e. The van der Waals surface area contributed by atoms with Crippen LogP contribution in [0.1, 0.15) is 74.5 Å². The summed E-state index contributed by atoms with van der Waals surface area (Å²) in [5.74, 6) is 1.02. The van der Waals surface area contributed by atoms with Gasteiger partial charge in [0.15, 0.2) is 5.78 Å². The number of aryl methyl sites for hydroxylation is 2. The Hall–Kier alpha value is -1.98. The third-order valence-electron chi connectivity index (χ3n) is 6.39. The highest BCUT2D eigenvalue weighted by molar-refractivity contribution is 6.30. The standard InChI is InChI=1S/C18H30N4.C8H7ClO/c1-3-6-15-14-19-18(20-17(15)7-4-2)22-12-10-21(11-13-22)16-8-5-9-16;1-6(10)7-2-4-8(9)5-3-7/h14,16H,3-13H2,1-2H3;2-5H,1H3. The van der Waals surface area contributed by atoms with E-state index in [4.69, 9.17) is 16.6 Å². The molecular formula is C26H37ClN4O. The third kappa shape index (κ3) is 6.76. The van der Waals surface area contributed by atoms with Crippen molar-refractivity contribution in [3.63, 3.8) is 0 Å². The van der Waals surface area contributed by atoms with Crippen LogP contribution in [0.2, 0.25) is 5.02 Å². The predicted molar refractivity (Wildman–Crippen MR) is 133 cm³/mol. The van der Waals surface area contributed by atoms with Gasteiger partial charge in [0, 0.05) is 54.7 Å². The average Bonchev–Trinajstić information content (AvgIpc) is 2.75. The first-order valence-electron chi connectivity index (χ1n) is 12.1. The summed E-state index contributed by atoms with van der Waals surface area (Å²) >= 11 is 5.61. The maximum absolute atomic E-state index is 10.7. The molecule has 1 aromatic heterocycles. The van der Waals surface area contributed by atoms with Crippen LogP contribution in [-0.4, -0.2) is 52.9 Å². The van der Waals surface area contributed by atoms with Gasteiger partial charge in [-0.3, -0.25) is 9.69 Å². The van der Waals surface area contributed by atoms with Gasteiger partial charge in [-0.05, 0) is 62.4 Å². The molecule has 4 rings (SSSR count). The number of carbonyl (C=O) groups is 1. The molecule has 2 aliphatic rings. The number of aromatic nitrogens is 2. The Morgan fingerprint density at radius 2 is 1.69 bits per heavy atom. The Morgan fingerprint density at radius 1 is 1.03 bits per heavy atom. The van der Waals surface area contributed by atoms with Crippen LogP contribution in [-0.2, 0) is 12.8 Å². The van der Waals surface area contributed by atoms with Gasteiger partial charge in [0.2, 0.25) is 5.95 Å². The lowest BCUT2D eigenvalue weighted by molar-refractivity contribution is 0.101. The van der Waals surface area contributed by atoms with Crippen molar-refractivity contribution in [3.8, 4) is 0 Å². The number of nitrogens with zero attached hydrogens (tertiary/aromatic N) is 4. The zero-order valence-corrected chi connectivity index (χ0v) is 20.6. The van der Waals surface area contributed by atoms with Crippen LogP contribution < -0.4 is 4.90 Å². The number of rotatable bonds is 7. The Morgan fingerprint density at radius 3 is 2.22 bits per heavy atom. The van der Waals surface area contributed by atoms with Crippen molar-refractivity contribution < 1.29 is 4.79 Å². The molecule has 0 bridgehead atoms. The zero-order valence-electron chi connectivity index (χ0n) is 19.8. The van der Waals surface area contributed by atoms with E-state index in [1.165, 1.54) is 57.0 Å². The summed E-state index contributed by atoms with van der Waals surface area (Å²) in [5.41, 5.74) is 3.32. The number of Topliss-reactive ketones (excluding diaryl/α,β-unsaturated/α-hetero) is 1. The minimum atomic E-state index is 0.0664. The number of ketones is 1. The first-order valence-corrected chi connectivity index (χ1v) is 12.5. The predicted octanol–water partition coefficient (Wildman–Crippen LogP) is 5.60. The lowest BCUT2D eigenvalue weighted by atomic mass is 9.91. The van der Waals surface area contributed by atoms with Crippen molar-refractivity contribution >= 4 is 23.3 Å². The molecule has 5 nitrogen and oxygen atoms in total. The van der Waals surface area contributed by atoms with Gasteiger partial charge in [-0.2, -0.15) is 0 Å². The molecule has 1 saturated heterocycles. The third-order valence-corrected chi connectivity index (χ3v) is 6.64. The molecule has 174 valence electrons. The van der Waals surface area contributed by atoms with Crippen LogP contribution in [0.4, 0.5) is 5.95 Å². The van der Waals surface area contributed by atoms with E-state index in [1.54, 1.807) is 24.3 Å². The summed E-state index contributed by atoms with van der Waals surface area (Å²) in [6, 6.07) is 7.71. The van der Waals surface area contributed by atoms with Crippen molar-refractivity contribution in [3.05, 3.63) is 52.3 Å². The van der Waals surface area contributed by atoms with Crippen molar-refractivity contribution in [2.45, 2.75) is 71.8 Å². The fourth-order valence-electron chi connectivity index (χ4n) is 4.24. The molecule has 2 fully saturated rings. The van der Waals surface area contributed by atoms with E-state index in [-0.39, 0.29) is 5.78 Å². The molecule has 1 saturated carbocycles. The van der Waals surface area contributed by atoms with E-state index in [0.717, 1.165) is 44.3 Å². The van der Waals surface area contributed by atoms with Crippen LogP contribution in [0.15, 0.2) is 30.5 Å². The average molecular weight is 457 g/mol. The van der Waals surface area contributed by atoms with Crippen LogP contribution in [0.5, 0.6) is 0 Å². The molecule has 0 radical (unpaired) electrons. The molecule has 0 spiro atoms. The van der Waals surface area contributed by atoms with E-state index in [2.05, 4.69) is 34.8 Å². The van der Waals surface area contributed by atoms with Gasteiger partial charge in [0.1, 0.15) is 0 Å². The second-order valence-electron chi connectivity index (χ2n) is 8.81. The number of anilines is 1. The largest absolute Gasteiger partial charge is 0.338 e. The molecule has 2 aromatic rings. The molecule has 0 amide bonds. The molecule has 2 heterocycles. The highest BCUT2D eigenvalue weighted by Crippen LogP contribution is 2.26. The molecule has 0 N–H and O–H groups in total. The second kappa shape index (κ2) is 12.3.